The van der Waals surface area contributed by atoms with Crippen LogP contribution >= 0.6 is 15.6 Å². The smallest absolute Gasteiger partial charge is 0.462 e. The van der Waals surface area contributed by atoms with Gasteiger partial charge in [-0.1, -0.05) is 258 Å². The largest absolute Gasteiger partial charge is 0.472 e. The molecule has 0 aliphatic rings. The summed E-state index contributed by atoms with van der Waals surface area (Å²) < 4.78 is 68.2. The predicted octanol–water partition coefficient (Wildman–Crippen LogP) is 21.3. The molecule has 0 bridgehead atoms. The number of carbonyl (C=O) groups excluding carboxylic acids is 4. The van der Waals surface area contributed by atoms with Gasteiger partial charge in [-0.05, 0) is 135 Å². The van der Waals surface area contributed by atoms with E-state index in [2.05, 4.69) is 137 Å². The molecule has 0 heterocycles. The Morgan fingerprint density at radius 3 is 0.990 bits per heavy atom. The number of esters is 4. The zero-order valence-corrected chi connectivity index (χ0v) is 62.7. The van der Waals surface area contributed by atoms with Crippen molar-refractivity contribution in [2.45, 2.75) is 303 Å². The summed E-state index contributed by atoms with van der Waals surface area (Å²) in [6, 6.07) is 0. The lowest BCUT2D eigenvalue weighted by molar-refractivity contribution is -0.161. The van der Waals surface area contributed by atoms with Crippen molar-refractivity contribution in [3.8, 4) is 0 Å². The summed E-state index contributed by atoms with van der Waals surface area (Å²) in [5.74, 6) is -2.37. The van der Waals surface area contributed by atoms with Gasteiger partial charge in [0.15, 0.2) is 12.2 Å². The molecular formula is C79H132O17P2. The summed E-state index contributed by atoms with van der Waals surface area (Å²) in [5, 5.41) is 10.6. The molecule has 98 heavy (non-hydrogen) atoms. The van der Waals surface area contributed by atoms with Crippen LogP contribution in [0.4, 0.5) is 0 Å². The van der Waals surface area contributed by atoms with Crippen LogP contribution in [0.15, 0.2) is 134 Å². The van der Waals surface area contributed by atoms with Gasteiger partial charge in [0.1, 0.15) is 19.3 Å². The Labute approximate surface area is 593 Å². The molecule has 0 radical (unpaired) electrons. The Morgan fingerprint density at radius 1 is 0.306 bits per heavy atom. The molecule has 0 saturated carbocycles. The Morgan fingerprint density at radius 2 is 0.602 bits per heavy atom. The Kier molecular flexibility index (Phi) is 67.2. The lowest BCUT2D eigenvalue weighted by atomic mass is 10.1. The molecule has 17 nitrogen and oxygen atoms in total. The van der Waals surface area contributed by atoms with Crippen molar-refractivity contribution in [1.82, 2.24) is 0 Å². The summed E-state index contributed by atoms with van der Waals surface area (Å²) in [6.45, 7) is 4.45. The standard InChI is InChI=1S/C79H132O17P2/c1-5-9-13-17-21-25-29-32-34-35-36-37-39-42-45-48-52-56-60-64-77(82)90-70-75(96-79(84)66-62-58-54-50-46-40-31-27-23-19-15-11-7-3)72-94-98(87,88)92-68-73(80)67-91-97(85,86)93-71-74(95-78(83)65-61-57-53-49-43-28-24-20-16-12-8-4)69-89-76(81)63-59-55-51-47-44-41-38-33-30-26-22-18-14-10-6-2/h10,14-15,19-22,24-27,31-34,36-38,44,47,55,59,73-75,80H,5-9,11-13,16-18,23,28-30,35,39-43,45-46,48-54,56-58,60-72H2,1-4H3,(H,85,86)(H,87,88)/b14-10-,19-15-,24-20-,25-21-,26-22-,31-27-,34-32-,37-36-,38-33-,47-44-,59-55-. The van der Waals surface area contributed by atoms with E-state index in [0.717, 1.165) is 173 Å². The van der Waals surface area contributed by atoms with E-state index in [-0.39, 0.29) is 25.7 Å². The van der Waals surface area contributed by atoms with Gasteiger partial charge in [-0.15, -0.1) is 0 Å². The number of allylic oxidation sites excluding steroid dienone is 21. The normalized spacial score (nSPS) is 14.7. The second kappa shape index (κ2) is 70.6. The highest BCUT2D eigenvalue weighted by Crippen LogP contribution is 2.45. The topological polar surface area (TPSA) is 237 Å². The fourth-order valence-electron chi connectivity index (χ4n) is 9.38. The number of aliphatic hydroxyl groups is 1. The van der Waals surface area contributed by atoms with E-state index in [1.165, 1.54) is 32.1 Å². The van der Waals surface area contributed by atoms with Crippen LogP contribution < -0.4 is 0 Å². The van der Waals surface area contributed by atoms with Crippen molar-refractivity contribution in [2.75, 3.05) is 39.6 Å². The summed E-state index contributed by atoms with van der Waals surface area (Å²) in [6.07, 6.45) is 77.7. The number of aliphatic hydroxyl groups excluding tert-OH is 1. The van der Waals surface area contributed by atoms with Crippen molar-refractivity contribution >= 4 is 39.5 Å². The second-order valence-corrected chi connectivity index (χ2v) is 27.4. The molecule has 5 atom stereocenters. The molecule has 560 valence electrons. The monoisotopic (exact) mass is 1410 g/mol. The Bertz CT molecular complexity index is 2380. The average molecular weight is 1420 g/mol. The molecule has 0 aliphatic carbocycles. The number of hydrogen-bond acceptors (Lipinski definition) is 15. The van der Waals surface area contributed by atoms with Crippen molar-refractivity contribution in [1.29, 1.82) is 0 Å². The lowest BCUT2D eigenvalue weighted by Crippen LogP contribution is -2.30. The summed E-state index contributed by atoms with van der Waals surface area (Å²) in [5.41, 5.74) is 0. The molecule has 0 rings (SSSR count). The number of phosphoric ester groups is 2. The number of ether oxygens (including phenoxy) is 4. The molecule has 0 aliphatic heterocycles. The van der Waals surface area contributed by atoms with Crippen molar-refractivity contribution in [3.05, 3.63) is 134 Å². The third-order valence-electron chi connectivity index (χ3n) is 15.1. The minimum atomic E-state index is -5.00. The lowest BCUT2D eigenvalue weighted by Gasteiger charge is -2.21. The van der Waals surface area contributed by atoms with Gasteiger partial charge in [0.25, 0.3) is 0 Å². The highest BCUT2D eigenvalue weighted by molar-refractivity contribution is 7.47. The average Bonchev–Trinajstić information content (AvgIpc) is 1.94. The van der Waals surface area contributed by atoms with Gasteiger partial charge in [-0.3, -0.25) is 37.3 Å². The summed E-state index contributed by atoms with van der Waals surface area (Å²) >= 11 is 0. The molecular weight excluding hydrogens is 1280 g/mol. The maximum absolute atomic E-state index is 13.1. The van der Waals surface area contributed by atoms with Crippen LogP contribution in [0.5, 0.6) is 0 Å². The van der Waals surface area contributed by atoms with Crippen LogP contribution in [0, 0.1) is 0 Å². The first-order valence-electron chi connectivity index (χ1n) is 37.4. The van der Waals surface area contributed by atoms with E-state index in [1.807, 2.05) is 18.2 Å². The van der Waals surface area contributed by atoms with E-state index in [9.17, 15) is 43.2 Å². The van der Waals surface area contributed by atoms with Gasteiger partial charge in [-0.25, -0.2) is 9.13 Å². The molecule has 0 fully saturated rings. The van der Waals surface area contributed by atoms with Gasteiger partial charge in [0.05, 0.1) is 32.8 Å². The van der Waals surface area contributed by atoms with E-state index < -0.39 is 97.5 Å². The quantitative estimate of drug-likeness (QED) is 0.0169. The van der Waals surface area contributed by atoms with Crippen molar-refractivity contribution in [3.63, 3.8) is 0 Å². The van der Waals surface area contributed by atoms with Crippen LogP contribution in [0.1, 0.15) is 285 Å². The molecule has 5 unspecified atom stereocenters. The number of carbonyl (C=O) groups is 4. The molecule has 0 saturated heterocycles. The maximum Gasteiger partial charge on any atom is 0.472 e. The van der Waals surface area contributed by atoms with Gasteiger partial charge in [0.2, 0.25) is 0 Å². The van der Waals surface area contributed by atoms with Crippen LogP contribution in [0.2, 0.25) is 0 Å². The highest BCUT2D eigenvalue weighted by atomic mass is 31.2. The number of rotatable bonds is 69. The fourth-order valence-corrected chi connectivity index (χ4v) is 11.0. The van der Waals surface area contributed by atoms with E-state index in [1.54, 1.807) is 6.08 Å². The van der Waals surface area contributed by atoms with Crippen molar-refractivity contribution < 1.29 is 80.2 Å². The minimum Gasteiger partial charge on any atom is -0.462 e. The third-order valence-corrected chi connectivity index (χ3v) is 17.0. The van der Waals surface area contributed by atoms with Crippen LogP contribution in [0.3, 0.4) is 0 Å². The summed E-state index contributed by atoms with van der Waals surface area (Å²) in [7, 11) is -9.98. The Hall–Kier alpha value is -4.80. The van der Waals surface area contributed by atoms with Crippen LogP contribution in [-0.4, -0.2) is 96.7 Å². The zero-order valence-electron chi connectivity index (χ0n) is 60.9. The predicted molar refractivity (Wildman–Crippen MR) is 399 cm³/mol. The number of phosphoric acid groups is 2. The van der Waals surface area contributed by atoms with Gasteiger partial charge in [0, 0.05) is 19.3 Å². The first-order valence-corrected chi connectivity index (χ1v) is 40.4. The maximum atomic E-state index is 13.1. The molecule has 0 aromatic carbocycles. The number of unbranched alkanes of at least 4 members (excludes halogenated alkanes) is 22. The van der Waals surface area contributed by atoms with Crippen LogP contribution in [-0.2, 0) is 65.4 Å². The van der Waals surface area contributed by atoms with Gasteiger partial charge >= 0.3 is 39.5 Å². The first-order chi connectivity index (χ1) is 47.7. The SMILES string of the molecule is CC/C=C\C/C=C\C/C=C\C/C=C\C/C=C\CC(=O)OCC(COP(=O)(O)OCC(O)COP(=O)(O)OCC(COC(=O)CCCCCCCC/C=C\C/C=C\C/C=C\CCCCC)OC(=O)CCCCCCC/C=C\C/C=C\CCC)OC(=O)CCCCCCC/C=C\CCCC. The molecule has 3 N–H and O–H groups in total. The third kappa shape index (κ3) is 69.7. The molecule has 0 aromatic rings. The second-order valence-electron chi connectivity index (χ2n) is 24.5. The first kappa shape index (κ1) is 93.2. The molecule has 0 aromatic heterocycles. The zero-order chi connectivity index (χ0) is 71.8. The van der Waals surface area contributed by atoms with E-state index in [0.29, 0.717) is 25.7 Å². The summed E-state index contributed by atoms with van der Waals surface area (Å²) in [4.78, 5) is 72.7. The van der Waals surface area contributed by atoms with E-state index in [4.69, 9.17) is 37.0 Å². The van der Waals surface area contributed by atoms with Gasteiger partial charge < -0.3 is 33.8 Å². The van der Waals surface area contributed by atoms with Crippen LogP contribution in [0.25, 0.3) is 0 Å². The molecule has 0 spiro atoms. The van der Waals surface area contributed by atoms with Crippen molar-refractivity contribution in [2.24, 2.45) is 0 Å². The fraction of sp³-hybridized carbons (Fsp3) is 0.671. The molecule has 0 amide bonds. The van der Waals surface area contributed by atoms with E-state index >= 15 is 0 Å². The number of hydrogen-bond donors (Lipinski definition) is 3. The minimum absolute atomic E-state index is 0.0616. The highest BCUT2D eigenvalue weighted by Gasteiger charge is 2.30. The van der Waals surface area contributed by atoms with Gasteiger partial charge in [-0.2, -0.15) is 0 Å². The molecule has 19 heteroatoms. The Balaban J connectivity index is 5.39.